The summed E-state index contributed by atoms with van der Waals surface area (Å²) in [6.07, 6.45) is 0.676. The van der Waals surface area contributed by atoms with E-state index in [1.807, 2.05) is 17.0 Å². The summed E-state index contributed by atoms with van der Waals surface area (Å²) in [5.74, 6) is 0.0867. The van der Waals surface area contributed by atoms with Gasteiger partial charge in [0, 0.05) is 29.9 Å². The van der Waals surface area contributed by atoms with E-state index in [0.717, 1.165) is 5.39 Å². The number of aromatic hydroxyl groups is 1. The first kappa shape index (κ1) is 34.7. The van der Waals surface area contributed by atoms with E-state index in [1.165, 1.54) is 6.33 Å². The van der Waals surface area contributed by atoms with E-state index in [2.05, 4.69) is 36.2 Å². The molecule has 0 bridgehead atoms. The Bertz CT molecular complexity index is 1780. The Balaban J connectivity index is 1.26. The van der Waals surface area contributed by atoms with Crippen molar-refractivity contribution in [3.63, 3.8) is 0 Å². The molecule has 3 amide bonds. The Hall–Kier alpha value is -5.66. The fraction of sp³-hybridized carbons (Fsp3) is 0.371. The maximum atomic E-state index is 13.0. The van der Waals surface area contributed by atoms with Crippen LogP contribution in [-0.2, 0) is 9.47 Å². The van der Waals surface area contributed by atoms with Crippen LogP contribution in [0.5, 0.6) is 5.75 Å². The van der Waals surface area contributed by atoms with Gasteiger partial charge < -0.3 is 40.7 Å². The second-order valence-electron chi connectivity index (χ2n) is 13.8. The van der Waals surface area contributed by atoms with Gasteiger partial charge >= 0.3 is 12.2 Å². The molecule has 2 atom stereocenters. The van der Waals surface area contributed by atoms with Crippen molar-refractivity contribution in [2.75, 3.05) is 28.6 Å². The lowest BCUT2D eigenvalue weighted by atomic mass is 10.0. The molecule has 3 aromatic carbocycles. The lowest BCUT2D eigenvalue weighted by Gasteiger charge is -2.38. The number of alkyl carbamates (subject to hydrolysis) is 2. The highest BCUT2D eigenvalue weighted by Gasteiger charge is 2.33. The molecule has 1 aliphatic heterocycles. The highest BCUT2D eigenvalue weighted by molar-refractivity contribution is 6.09. The monoisotopic (exact) mass is 670 g/mol. The SMILES string of the molecule is CC(C)(C)OC(=O)N[C@@H]1C[C@H](NC(=O)OC(C)(C)C)CN(c2ncnc(Nc3ccc(NC(=O)c4ccc5ccccc5c4O)cc3)n2)C1. The predicted molar refractivity (Wildman–Crippen MR) is 186 cm³/mol. The number of piperidine rings is 1. The van der Waals surface area contributed by atoms with E-state index in [4.69, 9.17) is 9.47 Å². The molecule has 1 aliphatic rings. The van der Waals surface area contributed by atoms with E-state index in [9.17, 15) is 19.5 Å². The van der Waals surface area contributed by atoms with Gasteiger partial charge in [-0.25, -0.2) is 19.6 Å². The number of phenolic OH excluding ortho intramolecular Hbond substituents is 1. The number of ether oxygens (including phenoxy) is 2. The van der Waals surface area contributed by atoms with Crippen LogP contribution in [-0.4, -0.2) is 74.5 Å². The molecule has 258 valence electrons. The number of anilines is 4. The molecular weight excluding hydrogens is 628 g/mol. The second kappa shape index (κ2) is 14.2. The Morgan fingerprint density at radius 3 is 2.00 bits per heavy atom. The van der Waals surface area contributed by atoms with Gasteiger partial charge in [0.05, 0.1) is 17.6 Å². The maximum Gasteiger partial charge on any atom is 0.407 e. The average Bonchev–Trinajstić information content (AvgIpc) is 3.00. The number of fused-ring (bicyclic) bond motifs is 1. The number of benzene rings is 3. The van der Waals surface area contributed by atoms with Crippen molar-refractivity contribution in [3.05, 3.63) is 72.6 Å². The first-order valence-corrected chi connectivity index (χ1v) is 15.9. The first-order valence-electron chi connectivity index (χ1n) is 15.9. The van der Waals surface area contributed by atoms with Crippen LogP contribution in [0, 0.1) is 0 Å². The molecule has 0 spiro atoms. The average molecular weight is 671 g/mol. The zero-order chi connectivity index (χ0) is 35.3. The number of nitrogens with zero attached hydrogens (tertiary/aromatic N) is 4. The lowest BCUT2D eigenvalue weighted by molar-refractivity contribution is 0.0475. The van der Waals surface area contributed by atoms with Gasteiger partial charge in [-0.05, 0) is 83.7 Å². The van der Waals surface area contributed by atoms with Crippen LogP contribution in [0.25, 0.3) is 10.8 Å². The van der Waals surface area contributed by atoms with E-state index >= 15 is 0 Å². The van der Waals surface area contributed by atoms with Crippen molar-refractivity contribution >= 4 is 52.1 Å². The fourth-order valence-corrected chi connectivity index (χ4v) is 5.32. The molecule has 14 nitrogen and oxygen atoms in total. The van der Waals surface area contributed by atoms with E-state index in [0.29, 0.717) is 42.2 Å². The van der Waals surface area contributed by atoms with Crippen molar-refractivity contribution in [2.24, 2.45) is 0 Å². The normalized spacial score (nSPS) is 16.4. The van der Waals surface area contributed by atoms with Crippen molar-refractivity contribution in [1.82, 2.24) is 25.6 Å². The highest BCUT2D eigenvalue weighted by atomic mass is 16.6. The Labute approximate surface area is 284 Å². The Morgan fingerprint density at radius 2 is 1.39 bits per heavy atom. The van der Waals surface area contributed by atoms with Crippen molar-refractivity contribution in [3.8, 4) is 5.75 Å². The third kappa shape index (κ3) is 9.69. The minimum absolute atomic E-state index is 0.0767. The molecule has 2 heterocycles. The van der Waals surface area contributed by atoms with Crippen LogP contribution < -0.4 is 26.2 Å². The van der Waals surface area contributed by atoms with Crippen LogP contribution in [0.1, 0.15) is 58.3 Å². The molecule has 0 unspecified atom stereocenters. The summed E-state index contributed by atoms with van der Waals surface area (Å²) in [6, 6.07) is 16.8. The van der Waals surface area contributed by atoms with Crippen LogP contribution in [0.2, 0.25) is 0 Å². The van der Waals surface area contributed by atoms with Crippen molar-refractivity contribution in [1.29, 1.82) is 0 Å². The van der Waals surface area contributed by atoms with Crippen LogP contribution in [0.4, 0.5) is 32.9 Å². The molecule has 0 saturated carbocycles. The Kier molecular flexibility index (Phi) is 10.1. The minimum atomic E-state index is -0.675. The lowest BCUT2D eigenvalue weighted by Crippen LogP contribution is -2.58. The molecule has 5 N–H and O–H groups in total. The number of carbonyl (C=O) groups is 3. The largest absolute Gasteiger partial charge is 0.506 e. The summed E-state index contributed by atoms with van der Waals surface area (Å²) in [5.41, 5.74) is -0.00370. The molecule has 0 aliphatic carbocycles. The molecule has 1 saturated heterocycles. The topological polar surface area (TPSA) is 180 Å². The van der Waals surface area contributed by atoms with E-state index in [-0.39, 0.29) is 17.3 Å². The first-order chi connectivity index (χ1) is 23.1. The highest BCUT2D eigenvalue weighted by Crippen LogP contribution is 2.29. The molecule has 14 heteroatoms. The van der Waals surface area contributed by atoms with Gasteiger partial charge in [0.25, 0.3) is 5.91 Å². The number of nitrogens with one attached hydrogen (secondary N) is 4. The van der Waals surface area contributed by atoms with E-state index in [1.54, 1.807) is 90.1 Å². The molecular formula is C35H42N8O6. The van der Waals surface area contributed by atoms with Gasteiger partial charge in [-0.1, -0.05) is 30.3 Å². The molecule has 4 aromatic rings. The number of hydrogen-bond donors (Lipinski definition) is 5. The summed E-state index contributed by atoms with van der Waals surface area (Å²) >= 11 is 0. The van der Waals surface area contributed by atoms with Gasteiger partial charge in [0.2, 0.25) is 11.9 Å². The zero-order valence-corrected chi connectivity index (χ0v) is 28.4. The predicted octanol–water partition coefficient (Wildman–Crippen LogP) is 5.72. The van der Waals surface area contributed by atoms with Crippen LogP contribution in [0.3, 0.4) is 0 Å². The summed E-state index contributed by atoms with van der Waals surface area (Å²) in [5, 5.41) is 23.8. The number of aromatic nitrogens is 3. The number of rotatable bonds is 7. The third-order valence-corrected chi connectivity index (χ3v) is 7.28. The molecule has 5 rings (SSSR count). The number of hydrogen-bond acceptors (Lipinski definition) is 11. The van der Waals surface area contributed by atoms with Crippen LogP contribution >= 0.6 is 0 Å². The minimum Gasteiger partial charge on any atom is -0.506 e. The van der Waals surface area contributed by atoms with Gasteiger partial charge in [-0.3, -0.25) is 4.79 Å². The molecule has 49 heavy (non-hydrogen) atoms. The summed E-state index contributed by atoms with van der Waals surface area (Å²) in [7, 11) is 0. The number of carbonyl (C=O) groups excluding carboxylic acids is 3. The number of phenols is 1. The second-order valence-corrected chi connectivity index (χ2v) is 13.8. The third-order valence-electron chi connectivity index (χ3n) is 7.28. The van der Waals surface area contributed by atoms with Gasteiger partial charge in [-0.15, -0.1) is 0 Å². The summed E-state index contributed by atoms with van der Waals surface area (Å²) < 4.78 is 10.9. The molecule has 1 fully saturated rings. The van der Waals surface area contributed by atoms with Gasteiger partial charge in [0.1, 0.15) is 23.3 Å². The standard InChI is InChI=1S/C35H42N8O6/c1-34(2,3)48-32(46)40-24-17-25(41-33(47)49-35(4,5)6)19-43(18-24)31-37-20-36-30(42-31)39-23-14-12-22(13-15-23)38-29(45)27-16-11-21-9-7-8-10-26(21)28(27)44/h7-16,20,24-25,44H,17-19H2,1-6H3,(H,38,45)(H,40,46)(H,41,47)(H,36,37,39,42)/t24-,25+. The van der Waals surface area contributed by atoms with Crippen LogP contribution in [0.15, 0.2) is 67.0 Å². The van der Waals surface area contributed by atoms with Gasteiger partial charge in [0.15, 0.2) is 0 Å². The molecule has 0 radical (unpaired) electrons. The van der Waals surface area contributed by atoms with Gasteiger partial charge in [-0.2, -0.15) is 4.98 Å². The maximum absolute atomic E-state index is 13.0. The summed E-state index contributed by atoms with van der Waals surface area (Å²) in [6.45, 7) is 11.4. The van der Waals surface area contributed by atoms with Crippen molar-refractivity contribution in [2.45, 2.75) is 71.2 Å². The quantitative estimate of drug-likeness (QED) is 0.162. The fourth-order valence-electron chi connectivity index (χ4n) is 5.32. The van der Waals surface area contributed by atoms with E-state index < -0.39 is 41.4 Å². The smallest absolute Gasteiger partial charge is 0.407 e. The zero-order valence-electron chi connectivity index (χ0n) is 28.4. The Morgan fingerprint density at radius 1 is 0.796 bits per heavy atom. The summed E-state index contributed by atoms with van der Waals surface area (Å²) in [4.78, 5) is 53.2. The molecule has 1 aromatic heterocycles. The van der Waals surface area contributed by atoms with Crippen molar-refractivity contribution < 1.29 is 29.0 Å². The number of amides is 3.